The van der Waals surface area contributed by atoms with E-state index in [0.29, 0.717) is 5.75 Å². The van der Waals surface area contributed by atoms with Crippen LogP contribution in [-0.2, 0) is 4.74 Å². The van der Waals surface area contributed by atoms with Gasteiger partial charge in [-0.2, -0.15) is 4.98 Å². The number of anilines is 1. The molecule has 1 fully saturated rings. The van der Waals surface area contributed by atoms with Crippen LogP contribution < -0.4 is 15.7 Å². The van der Waals surface area contributed by atoms with Crippen LogP contribution in [0.4, 0.5) is 10.2 Å². The van der Waals surface area contributed by atoms with Gasteiger partial charge in [0.15, 0.2) is 12.4 Å². The number of methoxy groups -OCH3 is 1. The molecule has 1 aliphatic heterocycles. The predicted octanol–water partition coefficient (Wildman–Crippen LogP) is -0.512. The number of hydrogen-bond acceptors (Lipinski definition) is 8. The number of ether oxygens (including phenoxy) is 2. The zero-order chi connectivity index (χ0) is 19.6. The van der Waals surface area contributed by atoms with E-state index in [0.717, 1.165) is 4.57 Å². The van der Waals surface area contributed by atoms with Gasteiger partial charge in [-0.1, -0.05) is 0 Å². The van der Waals surface area contributed by atoms with Crippen LogP contribution in [0.25, 0.3) is 0 Å². The number of aromatic nitrogens is 3. The van der Waals surface area contributed by atoms with E-state index >= 15 is 0 Å². The van der Waals surface area contributed by atoms with E-state index in [9.17, 15) is 19.1 Å². The molecule has 0 saturated carbocycles. The maximum absolute atomic E-state index is 14.1. The van der Waals surface area contributed by atoms with Crippen LogP contribution in [0.1, 0.15) is 16.7 Å². The molecule has 1 saturated heterocycles. The maximum Gasteiger partial charge on any atom is 0.351 e. The van der Waals surface area contributed by atoms with Crippen molar-refractivity contribution in [3.8, 4) is 5.75 Å². The molecule has 0 spiro atoms. The van der Waals surface area contributed by atoms with Gasteiger partial charge in [0, 0.05) is 6.20 Å². The lowest BCUT2D eigenvalue weighted by atomic mass is 10.1. The number of pyridine rings is 1. The van der Waals surface area contributed by atoms with E-state index < -0.39 is 42.8 Å². The van der Waals surface area contributed by atoms with Gasteiger partial charge < -0.3 is 25.0 Å². The van der Waals surface area contributed by atoms with Gasteiger partial charge in [0.25, 0.3) is 5.91 Å². The normalized spacial score (nSPS) is 24.6. The van der Waals surface area contributed by atoms with E-state index in [1.54, 1.807) is 6.07 Å². The van der Waals surface area contributed by atoms with E-state index in [1.807, 2.05) is 0 Å². The van der Waals surface area contributed by atoms with Gasteiger partial charge >= 0.3 is 5.69 Å². The standard InChI is InChI=1S/C16H17FN4O6/c1-26-8-2-3-9(18-6-8)14(24)19-11-4-5-21(16(25)20-11)15-12(17)13(23)10(7-22)27-15/h2-6,10,12-13,15,22-23H,7H2,1H3,(H,19,20,24,25)/t10-,12-,13-,15+/m1/s1. The summed E-state index contributed by atoms with van der Waals surface area (Å²) in [5.74, 6) is -0.182. The first-order valence-corrected chi connectivity index (χ1v) is 7.93. The monoisotopic (exact) mass is 380 g/mol. The zero-order valence-electron chi connectivity index (χ0n) is 14.2. The SMILES string of the molecule is COc1ccc(C(=O)Nc2ccn([C@H]3O[C@H](CO)[C@@H](O)[C@H]3F)c(=O)n2)nc1. The molecule has 2 aromatic rings. The lowest BCUT2D eigenvalue weighted by Crippen LogP contribution is -2.33. The van der Waals surface area contributed by atoms with Gasteiger partial charge in [-0.25, -0.2) is 14.2 Å². The van der Waals surface area contributed by atoms with Crippen LogP contribution in [0.3, 0.4) is 0 Å². The van der Waals surface area contributed by atoms with Crippen molar-refractivity contribution in [2.24, 2.45) is 0 Å². The predicted molar refractivity (Wildman–Crippen MR) is 89.1 cm³/mol. The Labute approximate surface area is 152 Å². The van der Waals surface area contributed by atoms with Crippen LogP contribution in [0, 0.1) is 0 Å². The average Bonchev–Trinajstić information content (AvgIpc) is 2.96. The molecule has 0 aliphatic carbocycles. The van der Waals surface area contributed by atoms with Gasteiger partial charge in [0.2, 0.25) is 0 Å². The number of nitrogens with zero attached hydrogens (tertiary/aromatic N) is 3. The Hall–Kier alpha value is -2.89. The van der Waals surface area contributed by atoms with E-state index in [2.05, 4.69) is 15.3 Å². The van der Waals surface area contributed by atoms with E-state index in [-0.39, 0.29) is 11.5 Å². The smallest absolute Gasteiger partial charge is 0.351 e. The highest BCUT2D eigenvalue weighted by atomic mass is 19.1. The van der Waals surface area contributed by atoms with Crippen molar-refractivity contribution in [1.29, 1.82) is 0 Å². The summed E-state index contributed by atoms with van der Waals surface area (Å²) in [4.78, 5) is 31.9. The van der Waals surface area contributed by atoms with E-state index in [4.69, 9.17) is 14.6 Å². The van der Waals surface area contributed by atoms with Gasteiger partial charge in [-0.15, -0.1) is 0 Å². The number of aliphatic hydroxyl groups excluding tert-OH is 2. The Bertz CT molecular complexity index is 874. The molecule has 3 N–H and O–H groups in total. The number of halogens is 1. The molecule has 0 radical (unpaired) electrons. The van der Waals surface area contributed by atoms with Crippen molar-refractivity contribution in [2.75, 3.05) is 19.0 Å². The Morgan fingerprint density at radius 2 is 2.22 bits per heavy atom. The lowest BCUT2D eigenvalue weighted by molar-refractivity contribution is -0.0490. The molecule has 1 amide bonds. The van der Waals surface area contributed by atoms with Crippen molar-refractivity contribution < 1.29 is 28.9 Å². The molecular formula is C16H17FN4O6. The summed E-state index contributed by atoms with van der Waals surface area (Å²) < 4.78 is 25.1. The van der Waals surface area contributed by atoms with Gasteiger partial charge in [0.1, 0.15) is 29.5 Å². The topological polar surface area (TPSA) is 136 Å². The molecule has 144 valence electrons. The first kappa shape index (κ1) is 18.9. The molecule has 11 heteroatoms. The summed E-state index contributed by atoms with van der Waals surface area (Å²) in [5.41, 5.74) is -0.812. The maximum atomic E-state index is 14.1. The number of hydrogen-bond donors (Lipinski definition) is 3. The Balaban J connectivity index is 1.75. The largest absolute Gasteiger partial charge is 0.495 e. The summed E-state index contributed by atoms with van der Waals surface area (Å²) in [6.07, 6.45) is -3.50. The van der Waals surface area contributed by atoms with Gasteiger partial charge in [-0.3, -0.25) is 9.36 Å². The van der Waals surface area contributed by atoms with E-state index in [1.165, 1.54) is 31.6 Å². The third-order valence-electron chi connectivity index (χ3n) is 4.02. The Morgan fingerprint density at radius 1 is 1.44 bits per heavy atom. The number of aliphatic hydroxyl groups is 2. The fraction of sp³-hybridized carbons (Fsp3) is 0.375. The molecular weight excluding hydrogens is 363 g/mol. The summed E-state index contributed by atoms with van der Waals surface area (Å²) in [6.45, 7) is -0.594. The Kier molecular flexibility index (Phi) is 5.44. The van der Waals surface area contributed by atoms with Gasteiger partial charge in [0.05, 0.1) is 19.9 Å². The third-order valence-corrected chi connectivity index (χ3v) is 4.02. The number of carbonyl (C=O) groups is 1. The molecule has 0 unspecified atom stereocenters. The second-order valence-corrected chi connectivity index (χ2v) is 5.72. The second-order valence-electron chi connectivity index (χ2n) is 5.72. The second kappa shape index (κ2) is 7.78. The molecule has 3 heterocycles. The highest BCUT2D eigenvalue weighted by Crippen LogP contribution is 2.30. The molecule has 27 heavy (non-hydrogen) atoms. The highest BCUT2D eigenvalue weighted by molar-refractivity contribution is 6.02. The van der Waals surface area contributed by atoms with Crippen LogP contribution in [-0.4, -0.2) is 62.8 Å². The quantitative estimate of drug-likeness (QED) is 0.631. The first-order valence-electron chi connectivity index (χ1n) is 7.93. The van der Waals surface area contributed by atoms with Crippen LogP contribution >= 0.6 is 0 Å². The number of amides is 1. The van der Waals surface area contributed by atoms with Crippen LogP contribution in [0.5, 0.6) is 5.75 Å². The summed E-state index contributed by atoms with van der Waals surface area (Å²) in [6, 6.07) is 4.26. The average molecular weight is 380 g/mol. The molecule has 4 atom stereocenters. The highest BCUT2D eigenvalue weighted by Gasteiger charge is 2.45. The molecule has 0 aromatic carbocycles. The molecule has 0 bridgehead atoms. The lowest BCUT2D eigenvalue weighted by Gasteiger charge is -2.16. The van der Waals surface area contributed by atoms with Crippen molar-refractivity contribution in [3.05, 3.63) is 46.8 Å². The van der Waals surface area contributed by atoms with Crippen molar-refractivity contribution in [2.45, 2.75) is 24.6 Å². The summed E-state index contributed by atoms with van der Waals surface area (Å²) in [7, 11) is 1.47. The van der Waals surface area contributed by atoms with Crippen molar-refractivity contribution in [3.63, 3.8) is 0 Å². The fourth-order valence-corrected chi connectivity index (χ4v) is 2.57. The van der Waals surface area contributed by atoms with Crippen molar-refractivity contribution in [1.82, 2.24) is 14.5 Å². The molecule has 10 nitrogen and oxygen atoms in total. The van der Waals surface area contributed by atoms with Crippen molar-refractivity contribution >= 4 is 11.7 Å². The molecule has 3 rings (SSSR count). The van der Waals surface area contributed by atoms with Crippen LogP contribution in [0.15, 0.2) is 35.4 Å². The van der Waals surface area contributed by atoms with Gasteiger partial charge in [-0.05, 0) is 18.2 Å². The molecule has 1 aliphatic rings. The summed E-state index contributed by atoms with van der Waals surface area (Å²) >= 11 is 0. The molecule has 2 aromatic heterocycles. The Morgan fingerprint density at radius 3 is 2.78 bits per heavy atom. The fourth-order valence-electron chi connectivity index (χ4n) is 2.57. The number of nitrogens with one attached hydrogen (secondary N) is 1. The minimum Gasteiger partial charge on any atom is -0.495 e. The minimum atomic E-state index is -1.91. The number of alkyl halides is 1. The summed E-state index contributed by atoms with van der Waals surface area (Å²) in [5, 5.41) is 21.1. The third kappa shape index (κ3) is 3.79. The zero-order valence-corrected chi connectivity index (χ0v) is 14.2. The number of rotatable bonds is 5. The first-order chi connectivity index (χ1) is 12.9. The minimum absolute atomic E-state index is 0.0634. The number of carbonyl (C=O) groups excluding carboxylic acids is 1. The van der Waals surface area contributed by atoms with Crippen LogP contribution in [0.2, 0.25) is 0 Å².